The number of rotatable bonds is 8. The van der Waals surface area contributed by atoms with Gasteiger partial charge < -0.3 is 15.4 Å². The highest BCUT2D eigenvalue weighted by molar-refractivity contribution is 7.10. The van der Waals surface area contributed by atoms with Crippen molar-refractivity contribution >= 4 is 17.3 Å². The van der Waals surface area contributed by atoms with E-state index in [2.05, 4.69) is 58.3 Å². The Labute approximate surface area is 149 Å². The highest BCUT2D eigenvalue weighted by Gasteiger charge is 2.08. The topological polar surface area (TPSA) is 45.6 Å². The van der Waals surface area contributed by atoms with E-state index in [0.717, 1.165) is 25.7 Å². The first-order valence-electron chi connectivity index (χ1n) is 8.37. The molecule has 1 aromatic heterocycles. The fourth-order valence-corrected chi connectivity index (χ4v) is 3.19. The lowest BCUT2D eigenvalue weighted by Gasteiger charge is -2.16. The van der Waals surface area contributed by atoms with Crippen LogP contribution in [0.1, 0.15) is 35.8 Å². The van der Waals surface area contributed by atoms with Gasteiger partial charge in [0.1, 0.15) is 0 Å². The van der Waals surface area contributed by atoms with Gasteiger partial charge in [-0.15, -0.1) is 11.3 Å². The van der Waals surface area contributed by atoms with Gasteiger partial charge in [-0.25, -0.2) is 0 Å². The monoisotopic (exact) mass is 345 g/mol. The summed E-state index contributed by atoms with van der Waals surface area (Å²) in [5.41, 5.74) is 2.45. The second kappa shape index (κ2) is 10.1. The van der Waals surface area contributed by atoms with Crippen molar-refractivity contribution in [2.45, 2.75) is 32.9 Å². The van der Waals surface area contributed by atoms with Crippen molar-refractivity contribution in [3.8, 4) is 0 Å². The van der Waals surface area contributed by atoms with Gasteiger partial charge in [0.15, 0.2) is 5.96 Å². The second-order valence-electron chi connectivity index (χ2n) is 5.63. The molecule has 1 atom stereocenters. The third-order valence-corrected chi connectivity index (χ3v) is 4.96. The molecule has 0 spiro atoms. The van der Waals surface area contributed by atoms with Crippen LogP contribution in [0.5, 0.6) is 0 Å². The van der Waals surface area contributed by atoms with Gasteiger partial charge >= 0.3 is 0 Å². The summed E-state index contributed by atoms with van der Waals surface area (Å²) in [4.78, 5) is 5.70. The molecule has 0 aliphatic rings. The Balaban J connectivity index is 1.85. The Morgan fingerprint density at radius 3 is 2.62 bits per heavy atom. The predicted molar refractivity (Wildman–Crippen MR) is 103 cm³/mol. The van der Waals surface area contributed by atoms with Crippen LogP contribution in [0, 0.1) is 0 Å². The van der Waals surface area contributed by atoms with Crippen LogP contribution in [0.2, 0.25) is 0 Å². The van der Waals surface area contributed by atoms with Crippen LogP contribution in [0.4, 0.5) is 0 Å². The zero-order valence-corrected chi connectivity index (χ0v) is 15.5. The Bertz CT molecular complexity index is 625. The minimum atomic E-state index is 0.466. The SMILES string of the molecule is CCOCc1ccccc1CNC(=NC)NCC(C)c1cccs1. The lowest BCUT2D eigenvalue weighted by atomic mass is 10.1. The molecule has 2 rings (SSSR count). The first kappa shape index (κ1) is 18.5. The molecule has 0 aliphatic carbocycles. The third-order valence-electron chi connectivity index (χ3n) is 3.85. The Morgan fingerprint density at radius 1 is 1.17 bits per heavy atom. The summed E-state index contributed by atoms with van der Waals surface area (Å²) in [6.07, 6.45) is 0. The normalized spacial score (nSPS) is 12.9. The van der Waals surface area contributed by atoms with E-state index in [1.807, 2.05) is 13.0 Å². The minimum absolute atomic E-state index is 0.466. The average Bonchev–Trinajstić information content (AvgIpc) is 3.15. The highest BCUT2D eigenvalue weighted by Crippen LogP contribution is 2.19. The summed E-state index contributed by atoms with van der Waals surface area (Å²) in [5.74, 6) is 1.29. The molecule has 0 bridgehead atoms. The summed E-state index contributed by atoms with van der Waals surface area (Å²) in [7, 11) is 1.80. The summed E-state index contributed by atoms with van der Waals surface area (Å²) in [5, 5.41) is 8.91. The molecule has 2 aromatic rings. The largest absolute Gasteiger partial charge is 0.377 e. The quantitative estimate of drug-likeness (QED) is 0.566. The molecule has 1 heterocycles. The molecule has 0 saturated carbocycles. The fourth-order valence-electron chi connectivity index (χ4n) is 2.40. The van der Waals surface area contributed by atoms with Crippen molar-refractivity contribution in [3.63, 3.8) is 0 Å². The summed E-state index contributed by atoms with van der Waals surface area (Å²) in [6.45, 7) is 7.21. The van der Waals surface area contributed by atoms with Gasteiger partial charge in [0.05, 0.1) is 6.61 Å². The number of aliphatic imine (C=N–C) groups is 1. The molecule has 0 radical (unpaired) electrons. The fraction of sp³-hybridized carbons (Fsp3) is 0.421. The third kappa shape index (κ3) is 5.65. The highest BCUT2D eigenvalue weighted by atomic mass is 32.1. The van der Waals surface area contributed by atoms with Crippen LogP contribution < -0.4 is 10.6 Å². The number of thiophene rings is 1. The van der Waals surface area contributed by atoms with Crippen molar-refractivity contribution in [3.05, 3.63) is 57.8 Å². The van der Waals surface area contributed by atoms with E-state index in [1.165, 1.54) is 16.0 Å². The number of guanidine groups is 1. The van der Waals surface area contributed by atoms with Gasteiger partial charge in [0.25, 0.3) is 0 Å². The molecule has 1 aromatic carbocycles. The van der Waals surface area contributed by atoms with E-state index in [4.69, 9.17) is 4.74 Å². The standard InChI is InChI=1S/C19H27N3OS/c1-4-23-14-17-9-6-5-8-16(17)13-22-19(20-3)21-12-15(2)18-10-7-11-24-18/h5-11,15H,4,12-14H2,1-3H3,(H2,20,21,22). The number of hydrogen-bond acceptors (Lipinski definition) is 3. The average molecular weight is 346 g/mol. The van der Waals surface area contributed by atoms with Gasteiger partial charge in [-0.1, -0.05) is 37.3 Å². The zero-order valence-electron chi connectivity index (χ0n) is 14.7. The van der Waals surface area contributed by atoms with Crippen molar-refractivity contribution < 1.29 is 4.74 Å². The van der Waals surface area contributed by atoms with E-state index < -0.39 is 0 Å². The Morgan fingerprint density at radius 2 is 1.96 bits per heavy atom. The molecule has 0 saturated heterocycles. The molecule has 130 valence electrons. The van der Waals surface area contributed by atoms with Crippen LogP contribution >= 0.6 is 11.3 Å². The van der Waals surface area contributed by atoms with E-state index in [-0.39, 0.29) is 0 Å². The lowest BCUT2D eigenvalue weighted by Crippen LogP contribution is -2.38. The molecule has 4 nitrogen and oxygen atoms in total. The summed E-state index contributed by atoms with van der Waals surface area (Å²) >= 11 is 1.80. The first-order valence-corrected chi connectivity index (χ1v) is 9.25. The lowest BCUT2D eigenvalue weighted by molar-refractivity contribution is 0.133. The van der Waals surface area contributed by atoms with Gasteiger partial charge in [-0.05, 0) is 29.5 Å². The smallest absolute Gasteiger partial charge is 0.191 e. The molecular formula is C19H27N3OS. The summed E-state index contributed by atoms with van der Waals surface area (Å²) in [6, 6.07) is 12.6. The second-order valence-corrected chi connectivity index (χ2v) is 6.61. The van der Waals surface area contributed by atoms with Crippen LogP contribution in [0.25, 0.3) is 0 Å². The van der Waals surface area contributed by atoms with Crippen molar-refractivity contribution in [1.29, 1.82) is 0 Å². The van der Waals surface area contributed by atoms with E-state index >= 15 is 0 Å². The molecule has 0 fully saturated rings. The van der Waals surface area contributed by atoms with E-state index in [0.29, 0.717) is 12.5 Å². The number of benzene rings is 1. The Hall–Kier alpha value is -1.85. The summed E-state index contributed by atoms with van der Waals surface area (Å²) < 4.78 is 5.54. The number of ether oxygens (including phenoxy) is 1. The van der Waals surface area contributed by atoms with Gasteiger partial charge in [0.2, 0.25) is 0 Å². The molecule has 0 amide bonds. The maximum Gasteiger partial charge on any atom is 0.191 e. The van der Waals surface area contributed by atoms with E-state index in [1.54, 1.807) is 18.4 Å². The van der Waals surface area contributed by atoms with Gasteiger partial charge in [-0.2, -0.15) is 0 Å². The first-order chi connectivity index (χ1) is 11.7. The molecule has 2 N–H and O–H groups in total. The van der Waals surface area contributed by atoms with Crippen molar-refractivity contribution in [2.24, 2.45) is 4.99 Å². The van der Waals surface area contributed by atoms with Crippen LogP contribution in [-0.4, -0.2) is 26.2 Å². The maximum atomic E-state index is 5.54. The number of hydrogen-bond donors (Lipinski definition) is 2. The molecular weight excluding hydrogens is 318 g/mol. The molecule has 1 unspecified atom stereocenters. The molecule has 0 aliphatic heterocycles. The number of nitrogens with one attached hydrogen (secondary N) is 2. The predicted octanol–water partition coefficient (Wildman–Crippen LogP) is 3.75. The molecule has 5 heteroatoms. The zero-order chi connectivity index (χ0) is 17.2. The Kier molecular flexibility index (Phi) is 7.79. The van der Waals surface area contributed by atoms with Gasteiger partial charge in [0, 0.05) is 37.5 Å². The molecule has 24 heavy (non-hydrogen) atoms. The maximum absolute atomic E-state index is 5.54. The van der Waals surface area contributed by atoms with E-state index in [9.17, 15) is 0 Å². The minimum Gasteiger partial charge on any atom is -0.377 e. The van der Waals surface area contributed by atoms with Gasteiger partial charge in [-0.3, -0.25) is 4.99 Å². The van der Waals surface area contributed by atoms with Crippen molar-refractivity contribution in [1.82, 2.24) is 10.6 Å². The van der Waals surface area contributed by atoms with Crippen LogP contribution in [0.3, 0.4) is 0 Å². The number of nitrogens with zero attached hydrogens (tertiary/aromatic N) is 1. The van der Waals surface area contributed by atoms with Crippen molar-refractivity contribution in [2.75, 3.05) is 20.2 Å². The van der Waals surface area contributed by atoms with Crippen LogP contribution in [-0.2, 0) is 17.9 Å². The van der Waals surface area contributed by atoms with Crippen LogP contribution in [0.15, 0.2) is 46.8 Å².